The van der Waals surface area contributed by atoms with E-state index in [4.69, 9.17) is 4.74 Å². The van der Waals surface area contributed by atoms with Gasteiger partial charge in [0.25, 0.3) is 5.91 Å². The van der Waals surface area contributed by atoms with Gasteiger partial charge in [0.15, 0.2) is 5.69 Å². The van der Waals surface area contributed by atoms with Crippen LogP contribution >= 0.6 is 0 Å². The van der Waals surface area contributed by atoms with E-state index in [0.717, 1.165) is 5.56 Å². The van der Waals surface area contributed by atoms with Crippen molar-refractivity contribution in [2.75, 3.05) is 11.9 Å². The zero-order valence-corrected chi connectivity index (χ0v) is 16.2. The number of ether oxygens (including phenoxy) is 1. The molecule has 3 aromatic rings. The zero-order chi connectivity index (χ0) is 20.8. The summed E-state index contributed by atoms with van der Waals surface area (Å²) in [6.07, 6.45) is 2.97. The van der Waals surface area contributed by atoms with Crippen LogP contribution in [-0.2, 0) is 11.3 Å². The maximum atomic E-state index is 12.8. The van der Waals surface area contributed by atoms with Crippen molar-refractivity contribution in [1.82, 2.24) is 9.55 Å². The number of hydrogen-bond acceptors (Lipinski definition) is 5. The van der Waals surface area contributed by atoms with Crippen molar-refractivity contribution >= 4 is 17.6 Å². The highest BCUT2D eigenvalue weighted by atomic mass is 16.5. The molecule has 0 aliphatic carbocycles. The summed E-state index contributed by atoms with van der Waals surface area (Å²) >= 11 is 0. The lowest BCUT2D eigenvalue weighted by molar-refractivity contribution is 0.0515. The van der Waals surface area contributed by atoms with Crippen LogP contribution in [0.25, 0.3) is 0 Å². The molecule has 0 fully saturated rings. The number of hydrogen-bond donors (Lipinski definition) is 1. The van der Waals surface area contributed by atoms with Crippen LogP contribution < -0.4 is 5.32 Å². The summed E-state index contributed by atoms with van der Waals surface area (Å²) in [7, 11) is 0. The summed E-state index contributed by atoms with van der Waals surface area (Å²) in [5, 5.41) is 12.4. The molecule has 3 rings (SSSR count). The molecule has 0 unspecified atom stereocenters. The number of carbonyl (C=O) groups is 2. The number of nitrogens with one attached hydrogen (secondary N) is 1. The molecule has 7 nitrogen and oxygen atoms in total. The summed E-state index contributed by atoms with van der Waals surface area (Å²) in [6, 6.07) is 14.9. The summed E-state index contributed by atoms with van der Waals surface area (Å²) in [4.78, 5) is 29.4. The minimum Gasteiger partial charge on any atom is -0.461 e. The predicted molar refractivity (Wildman–Crippen MR) is 108 cm³/mol. The maximum Gasteiger partial charge on any atom is 0.357 e. The van der Waals surface area contributed by atoms with E-state index in [1.807, 2.05) is 30.3 Å². The third kappa shape index (κ3) is 4.17. The van der Waals surface area contributed by atoms with Crippen LogP contribution in [0.4, 0.5) is 5.69 Å². The Morgan fingerprint density at radius 2 is 1.97 bits per heavy atom. The Hall–Kier alpha value is -3.92. The van der Waals surface area contributed by atoms with E-state index >= 15 is 0 Å². The second-order valence-electron chi connectivity index (χ2n) is 6.28. The fourth-order valence-electron chi connectivity index (χ4n) is 3.05. The van der Waals surface area contributed by atoms with E-state index in [0.29, 0.717) is 17.8 Å². The van der Waals surface area contributed by atoms with Gasteiger partial charge in [0.1, 0.15) is 6.07 Å². The number of benzene rings is 1. The van der Waals surface area contributed by atoms with Crippen LogP contribution in [0.5, 0.6) is 0 Å². The van der Waals surface area contributed by atoms with E-state index in [-0.39, 0.29) is 23.6 Å². The summed E-state index contributed by atoms with van der Waals surface area (Å²) in [5.74, 6) is -1.06. The Bertz CT molecular complexity index is 1070. The summed E-state index contributed by atoms with van der Waals surface area (Å²) < 4.78 is 6.91. The van der Waals surface area contributed by atoms with Crippen molar-refractivity contribution in [2.45, 2.75) is 20.4 Å². The van der Waals surface area contributed by atoms with E-state index in [2.05, 4.69) is 16.4 Å². The number of amides is 1. The molecular weight excluding hydrogens is 368 g/mol. The molecule has 7 heteroatoms. The number of aromatic nitrogens is 2. The lowest BCUT2D eigenvalue weighted by Gasteiger charge is -2.12. The minimum atomic E-state index is -0.602. The second kappa shape index (κ2) is 8.85. The van der Waals surface area contributed by atoms with Gasteiger partial charge in [-0.05, 0) is 31.5 Å². The standard InChI is InChI=1S/C22H20N4O3/c1-3-29-22(28)20-19(25-21(27)17-10-7-11-24-13-17)18(12-23)15(2)26(20)14-16-8-5-4-6-9-16/h4-11,13H,3,14H2,1-2H3,(H,25,27). The zero-order valence-electron chi connectivity index (χ0n) is 16.2. The molecule has 0 spiro atoms. The Labute approximate surface area is 168 Å². The molecule has 1 N–H and O–H groups in total. The number of carbonyl (C=O) groups excluding carboxylic acids is 2. The first-order chi connectivity index (χ1) is 14.1. The molecule has 1 aromatic carbocycles. The first kappa shape index (κ1) is 19.8. The van der Waals surface area contributed by atoms with Gasteiger partial charge >= 0.3 is 5.97 Å². The third-order valence-corrected chi connectivity index (χ3v) is 4.45. The van der Waals surface area contributed by atoms with Crippen LogP contribution in [0.1, 0.15) is 44.6 Å². The maximum absolute atomic E-state index is 12.8. The molecule has 0 saturated heterocycles. The Morgan fingerprint density at radius 3 is 2.59 bits per heavy atom. The monoisotopic (exact) mass is 388 g/mol. The average Bonchev–Trinajstić information content (AvgIpc) is 3.00. The van der Waals surface area contributed by atoms with Crippen LogP contribution in [0.2, 0.25) is 0 Å². The Morgan fingerprint density at radius 1 is 1.21 bits per heavy atom. The van der Waals surface area contributed by atoms with Crippen LogP contribution in [0.15, 0.2) is 54.9 Å². The van der Waals surface area contributed by atoms with E-state index < -0.39 is 11.9 Å². The fourth-order valence-corrected chi connectivity index (χ4v) is 3.05. The minimum absolute atomic E-state index is 0.141. The Balaban J connectivity index is 2.10. The van der Waals surface area contributed by atoms with Gasteiger partial charge in [-0.25, -0.2) is 4.79 Å². The molecule has 0 aliphatic rings. The number of anilines is 1. The van der Waals surface area contributed by atoms with Crippen molar-refractivity contribution in [2.24, 2.45) is 0 Å². The van der Waals surface area contributed by atoms with Gasteiger partial charge < -0.3 is 14.6 Å². The van der Waals surface area contributed by atoms with Gasteiger partial charge in [0.2, 0.25) is 0 Å². The summed E-state index contributed by atoms with van der Waals surface area (Å²) in [6.45, 7) is 3.98. The van der Waals surface area contributed by atoms with Crippen molar-refractivity contribution < 1.29 is 14.3 Å². The number of rotatable bonds is 6. The van der Waals surface area contributed by atoms with Crippen molar-refractivity contribution in [3.63, 3.8) is 0 Å². The molecule has 2 heterocycles. The lowest BCUT2D eigenvalue weighted by atomic mass is 10.2. The van der Waals surface area contributed by atoms with Crippen LogP contribution in [0, 0.1) is 18.3 Å². The smallest absolute Gasteiger partial charge is 0.357 e. The molecule has 2 aromatic heterocycles. The molecule has 0 atom stereocenters. The predicted octanol–water partition coefficient (Wildman–Crippen LogP) is 3.54. The van der Waals surface area contributed by atoms with E-state index in [1.54, 1.807) is 36.7 Å². The molecule has 29 heavy (non-hydrogen) atoms. The molecule has 146 valence electrons. The average molecular weight is 388 g/mol. The van der Waals surface area contributed by atoms with E-state index in [9.17, 15) is 14.9 Å². The molecule has 0 radical (unpaired) electrons. The molecule has 0 bridgehead atoms. The van der Waals surface area contributed by atoms with Gasteiger partial charge in [0, 0.05) is 24.6 Å². The van der Waals surface area contributed by atoms with Crippen molar-refractivity contribution in [1.29, 1.82) is 5.26 Å². The van der Waals surface area contributed by atoms with Crippen molar-refractivity contribution in [3.05, 3.63) is 82.9 Å². The second-order valence-corrected chi connectivity index (χ2v) is 6.28. The third-order valence-electron chi connectivity index (χ3n) is 4.45. The van der Waals surface area contributed by atoms with Gasteiger partial charge in [-0.1, -0.05) is 30.3 Å². The van der Waals surface area contributed by atoms with Crippen LogP contribution in [0.3, 0.4) is 0 Å². The van der Waals surface area contributed by atoms with E-state index in [1.165, 1.54) is 6.20 Å². The van der Waals surface area contributed by atoms with Gasteiger partial charge in [-0.15, -0.1) is 0 Å². The SMILES string of the molecule is CCOC(=O)c1c(NC(=O)c2cccnc2)c(C#N)c(C)n1Cc1ccccc1. The quantitative estimate of drug-likeness (QED) is 0.652. The molecular formula is C22H20N4O3. The first-order valence-corrected chi connectivity index (χ1v) is 9.12. The van der Waals surface area contributed by atoms with Crippen LogP contribution in [-0.4, -0.2) is 28.0 Å². The molecule has 0 aliphatic heterocycles. The fraction of sp³-hybridized carbons (Fsp3) is 0.182. The van der Waals surface area contributed by atoms with Gasteiger partial charge in [-0.2, -0.15) is 5.26 Å². The number of nitrogens with zero attached hydrogens (tertiary/aromatic N) is 3. The highest BCUT2D eigenvalue weighted by Crippen LogP contribution is 2.30. The topological polar surface area (TPSA) is 97.0 Å². The largest absolute Gasteiger partial charge is 0.461 e. The highest BCUT2D eigenvalue weighted by molar-refractivity contribution is 6.08. The first-order valence-electron chi connectivity index (χ1n) is 9.12. The number of esters is 1. The number of nitriles is 1. The van der Waals surface area contributed by atoms with Gasteiger partial charge in [0.05, 0.1) is 23.4 Å². The molecule has 0 saturated carbocycles. The van der Waals surface area contributed by atoms with Crippen molar-refractivity contribution in [3.8, 4) is 6.07 Å². The normalized spacial score (nSPS) is 10.2. The number of pyridine rings is 1. The lowest BCUT2D eigenvalue weighted by Crippen LogP contribution is -2.19. The molecule has 1 amide bonds. The van der Waals surface area contributed by atoms with Gasteiger partial charge in [-0.3, -0.25) is 9.78 Å². The Kier molecular flexibility index (Phi) is 6.05. The summed E-state index contributed by atoms with van der Waals surface area (Å²) in [5.41, 5.74) is 2.35. The highest BCUT2D eigenvalue weighted by Gasteiger charge is 2.28.